The van der Waals surface area contributed by atoms with E-state index < -0.39 is 68.4 Å². The van der Waals surface area contributed by atoms with E-state index in [0.717, 1.165) is 24.3 Å². The second-order valence-electron chi connectivity index (χ2n) is 8.58. The number of nitrogen functional groups attached to an aromatic ring is 1. The SMILES string of the molecule is Nc1c(F)ccc(CC(=O)c2cc(NC(=O)[C@H]3[C@H](c4ccc(Cl)c(C(F)(F)F)c4)C3(Cl)Cl)ccc2Cl)c1F. The van der Waals surface area contributed by atoms with Gasteiger partial charge in [-0.3, -0.25) is 9.59 Å². The molecule has 0 heterocycles. The van der Waals surface area contributed by atoms with Crippen LogP contribution in [0.2, 0.25) is 10.0 Å². The summed E-state index contributed by atoms with van der Waals surface area (Å²) < 4.78 is 65.8. The largest absolute Gasteiger partial charge is 0.417 e. The Balaban J connectivity index is 1.53. The van der Waals surface area contributed by atoms with Crippen molar-refractivity contribution in [3.05, 3.63) is 92.5 Å². The molecule has 1 amide bonds. The van der Waals surface area contributed by atoms with Crippen LogP contribution >= 0.6 is 46.4 Å². The van der Waals surface area contributed by atoms with Crippen LogP contribution in [0.4, 0.5) is 33.3 Å². The maximum Gasteiger partial charge on any atom is 0.417 e. The molecular formula is C25H15Cl4F5N2O2. The summed E-state index contributed by atoms with van der Waals surface area (Å²) in [5, 5.41) is 2.00. The number of alkyl halides is 5. The van der Waals surface area contributed by atoms with Gasteiger partial charge in [0.1, 0.15) is 15.8 Å². The number of rotatable bonds is 6. The molecule has 2 atom stereocenters. The number of nitrogens with one attached hydrogen (secondary N) is 1. The highest BCUT2D eigenvalue weighted by Crippen LogP contribution is 2.65. The Morgan fingerprint density at radius 3 is 2.29 bits per heavy atom. The highest BCUT2D eigenvalue weighted by Gasteiger charge is 2.67. The van der Waals surface area contributed by atoms with Crippen LogP contribution in [0.15, 0.2) is 48.5 Å². The molecule has 200 valence electrons. The van der Waals surface area contributed by atoms with E-state index >= 15 is 0 Å². The van der Waals surface area contributed by atoms with Crippen LogP contribution in [-0.4, -0.2) is 16.0 Å². The minimum absolute atomic E-state index is 0.00216. The quantitative estimate of drug-likeness (QED) is 0.129. The number of halogens is 9. The smallest absolute Gasteiger partial charge is 0.394 e. The van der Waals surface area contributed by atoms with Crippen molar-refractivity contribution in [2.45, 2.75) is 22.8 Å². The van der Waals surface area contributed by atoms with Crippen LogP contribution < -0.4 is 11.1 Å². The van der Waals surface area contributed by atoms with Gasteiger partial charge in [-0.25, -0.2) is 8.78 Å². The Kier molecular flexibility index (Phi) is 7.62. The molecular weight excluding hydrogens is 597 g/mol. The third-order valence-corrected chi connectivity index (χ3v) is 7.68. The van der Waals surface area contributed by atoms with E-state index in [1.807, 2.05) is 0 Å². The Morgan fingerprint density at radius 2 is 1.63 bits per heavy atom. The molecule has 3 aromatic carbocycles. The lowest BCUT2D eigenvalue weighted by atomic mass is 10.0. The van der Waals surface area contributed by atoms with Crippen LogP contribution in [0.1, 0.15) is 33.0 Å². The van der Waals surface area contributed by atoms with Crippen molar-refractivity contribution < 1.29 is 31.5 Å². The lowest BCUT2D eigenvalue weighted by Gasteiger charge is -2.11. The normalized spacial score (nSPS) is 18.2. The van der Waals surface area contributed by atoms with E-state index in [1.165, 1.54) is 24.3 Å². The van der Waals surface area contributed by atoms with Crippen molar-refractivity contribution in [1.29, 1.82) is 0 Å². The molecule has 38 heavy (non-hydrogen) atoms. The summed E-state index contributed by atoms with van der Waals surface area (Å²) in [5.41, 5.74) is 3.45. The fourth-order valence-electron chi connectivity index (χ4n) is 4.08. The number of hydrogen-bond acceptors (Lipinski definition) is 3. The average molecular weight is 612 g/mol. The number of ketones is 1. The van der Waals surface area contributed by atoms with Gasteiger partial charge >= 0.3 is 6.18 Å². The van der Waals surface area contributed by atoms with E-state index in [4.69, 9.17) is 52.1 Å². The summed E-state index contributed by atoms with van der Waals surface area (Å²) in [6, 6.07) is 9.06. The molecule has 0 saturated heterocycles. The summed E-state index contributed by atoms with van der Waals surface area (Å²) in [6.07, 6.45) is -5.22. The molecule has 1 fully saturated rings. The first-order chi connectivity index (χ1) is 17.6. The first-order valence-electron chi connectivity index (χ1n) is 10.7. The van der Waals surface area contributed by atoms with Crippen molar-refractivity contribution in [2.24, 2.45) is 5.92 Å². The van der Waals surface area contributed by atoms with Gasteiger partial charge in [-0.05, 0) is 47.5 Å². The Morgan fingerprint density at radius 1 is 0.974 bits per heavy atom. The molecule has 4 nitrogen and oxygen atoms in total. The van der Waals surface area contributed by atoms with Crippen LogP contribution in [0, 0.1) is 17.6 Å². The first-order valence-corrected chi connectivity index (χ1v) is 12.2. The standard InChI is InChI=1S/C25H15Cl4F5N2O2/c26-15-5-3-12(9-13(15)18(37)8-11-2-6-17(30)22(35)21(11)31)36-23(38)20-19(24(20,28)29)10-1-4-16(27)14(7-10)25(32,33)34/h1-7,9,19-20H,8,35H2,(H,36,38)/t19-,20+/m0/s1. The zero-order valence-electron chi connectivity index (χ0n) is 18.8. The third-order valence-electron chi connectivity index (χ3n) is 6.08. The van der Waals surface area contributed by atoms with Crippen LogP contribution in [0.25, 0.3) is 0 Å². The Hall–Kier alpha value is -2.59. The number of benzene rings is 3. The molecule has 0 aliphatic heterocycles. The summed E-state index contributed by atoms with van der Waals surface area (Å²) in [7, 11) is 0. The van der Waals surface area contributed by atoms with Crippen LogP contribution in [0.5, 0.6) is 0 Å². The van der Waals surface area contributed by atoms with Crippen molar-refractivity contribution >= 4 is 69.5 Å². The zero-order chi connectivity index (χ0) is 28.2. The van der Waals surface area contributed by atoms with Crippen LogP contribution in [-0.2, 0) is 17.4 Å². The second kappa shape index (κ2) is 10.2. The van der Waals surface area contributed by atoms with Gasteiger partial charge < -0.3 is 11.1 Å². The number of carbonyl (C=O) groups is 2. The minimum atomic E-state index is -4.73. The van der Waals surface area contributed by atoms with Crippen molar-refractivity contribution in [3.63, 3.8) is 0 Å². The predicted octanol–water partition coefficient (Wildman–Crippen LogP) is 7.82. The predicted molar refractivity (Wildman–Crippen MR) is 136 cm³/mol. The Bertz CT molecular complexity index is 1460. The summed E-state index contributed by atoms with van der Waals surface area (Å²) in [5.74, 6) is -5.51. The number of Topliss-reactive ketones (excluding diaryl/α,β-unsaturated/α-hetero) is 1. The van der Waals surface area contributed by atoms with Gasteiger partial charge in [-0.2, -0.15) is 13.2 Å². The molecule has 0 bridgehead atoms. The van der Waals surface area contributed by atoms with Gasteiger partial charge in [0.25, 0.3) is 0 Å². The molecule has 0 radical (unpaired) electrons. The van der Waals surface area contributed by atoms with Gasteiger partial charge in [0, 0.05) is 23.6 Å². The third kappa shape index (κ3) is 5.43. The maximum absolute atomic E-state index is 14.2. The molecule has 13 heteroatoms. The van der Waals surface area contributed by atoms with Gasteiger partial charge in [0.05, 0.1) is 21.5 Å². The summed E-state index contributed by atoms with van der Waals surface area (Å²) >= 11 is 24.3. The van der Waals surface area contributed by atoms with E-state index in [0.29, 0.717) is 0 Å². The molecule has 0 spiro atoms. The fraction of sp³-hybridized carbons (Fsp3) is 0.200. The second-order valence-corrected chi connectivity index (χ2v) is 10.8. The molecule has 0 aromatic heterocycles. The molecule has 1 aliphatic rings. The number of amides is 1. The van der Waals surface area contributed by atoms with E-state index in [2.05, 4.69) is 5.32 Å². The average Bonchev–Trinajstić information content (AvgIpc) is 3.42. The monoisotopic (exact) mass is 610 g/mol. The lowest BCUT2D eigenvalue weighted by molar-refractivity contribution is -0.137. The molecule has 3 aromatic rings. The van der Waals surface area contributed by atoms with Crippen molar-refractivity contribution in [3.8, 4) is 0 Å². The number of anilines is 2. The molecule has 0 unspecified atom stereocenters. The van der Waals surface area contributed by atoms with E-state index in [-0.39, 0.29) is 27.4 Å². The molecule has 1 saturated carbocycles. The van der Waals surface area contributed by atoms with Gasteiger partial charge in [0.15, 0.2) is 11.6 Å². The van der Waals surface area contributed by atoms with Gasteiger partial charge in [0.2, 0.25) is 5.91 Å². The fourth-order valence-corrected chi connectivity index (χ4v) is 5.35. The van der Waals surface area contributed by atoms with E-state index in [9.17, 15) is 31.5 Å². The number of carbonyl (C=O) groups excluding carboxylic acids is 2. The van der Waals surface area contributed by atoms with Gasteiger partial charge in [-0.1, -0.05) is 35.3 Å². The minimum Gasteiger partial charge on any atom is -0.394 e. The highest BCUT2D eigenvalue weighted by atomic mass is 35.5. The summed E-state index contributed by atoms with van der Waals surface area (Å²) in [4.78, 5) is 25.8. The number of hydrogen-bond donors (Lipinski definition) is 2. The highest BCUT2D eigenvalue weighted by molar-refractivity contribution is 6.53. The van der Waals surface area contributed by atoms with Crippen molar-refractivity contribution in [2.75, 3.05) is 11.1 Å². The lowest BCUT2D eigenvalue weighted by Crippen LogP contribution is -2.17. The Labute approximate surface area is 232 Å². The number of nitrogens with two attached hydrogens (primary N) is 1. The van der Waals surface area contributed by atoms with Gasteiger partial charge in [-0.15, -0.1) is 23.2 Å². The first kappa shape index (κ1) is 28.4. The van der Waals surface area contributed by atoms with Crippen molar-refractivity contribution in [1.82, 2.24) is 0 Å². The maximum atomic E-state index is 14.2. The zero-order valence-corrected chi connectivity index (χ0v) is 21.8. The molecule has 4 rings (SSSR count). The topological polar surface area (TPSA) is 72.2 Å². The van der Waals surface area contributed by atoms with E-state index in [1.54, 1.807) is 0 Å². The molecule has 3 N–H and O–H groups in total. The summed E-state index contributed by atoms with van der Waals surface area (Å²) in [6.45, 7) is 0. The van der Waals surface area contributed by atoms with Crippen LogP contribution in [0.3, 0.4) is 0 Å². The molecule has 1 aliphatic carbocycles.